The van der Waals surface area contributed by atoms with E-state index < -0.39 is 0 Å². The number of nitrogens with zero attached hydrogens (tertiary/aromatic N) is 2. The molecule has 1 aromatic heterocycles. The topological polar surface area (TPSA) is 68.3 Å². The van der Waals surface area contributed by atoms with Gasteiger partial charge in [0.25, 0.3) is 5.91 Å². The van der Waals surface area contributed by atoms with E-state index in [2.05, 4.69) is 17.0 Å². The number of amides is 1. The van der Waals surface area contributed by atoms with E-state index in [0.717, 1.165) is 44.9 Å². The average molecular weight is 545 g/mol. The van der Waals surface area contributed by atoms with Crippen LogP contribution in [0.3, 0.4) is 0 Å². The molecule has 1 atom stereocenters. The fourth-order valence-electron chi connectivity index (χ4n) is 4.76. The van der Waals surface area contributed by atoms with Crippen LogP contribution in [0, 0.1) is 0 Å². The summed E-state index contributed by atoms with van der Waals surface area (Å²) in [7, 11) is 3.03. The van der Waals surface area contributed by atoms with Crippen molar-refractivity contribution in [2.75, 3.05) is 46.9 Å². The minimum atomic E-state index is -0.360. The summed E-state index contributed by atoms with van der Waals surface area (Å²) in [4.78, 5) is 30.0. The zero-order valence-electron chi connectivity index (χ0n) is 22.2. The summed E-state index contributed by atoms with van der Waals surface area (Å²) >= 11 is 1.56. The predicted molar refractivity (Wildman–Crippen MR) is 152 cm³/mol. The Kier molecular flexibility index (Phi) is 8.56. The quantitative estimate of drug-likeness (QED) is 0.263. The number of fused-ring (bicyclic) bond motifs is 1. The number of rotatable bonds is 9. The van der Waals surface area contributed by atoms with E-state index in [0.29, 0.717) is 31.8 Å². The van der Waals surface area contributed by atoms with Gasteiger partial charge in [-0.1, -0.05) is 42.5 Å². The van der Waals surface area contributed by atoms with Crippen molar-refractivity contribution in [2.24, 2.45) is 0 Å². The van der Waals surface area contributed by atoms with Crippen LogP contribution in [0.2, 0.25) is 0 Å². The van der Waals surface area contributed by atoms with Crippen LogP contribution in [0.1, 0.15) is 37.3 Å². The smallest absolute Gasteiger partial charge is 0.337 e. The second kappa shape index (κ2) is 12.4. The van der Waals surface area contributed by atoms with Gasteiger partial charge in [0.05, 0.1) is 37.4 Å². The van der Waals surface area contributed by atoms with Gasteiger partial charge in [0.2, 0.25) is 0 Å². The Hall–Kier alpha value is -3.72. The van der Waals surface area contributed by atoms with Gasteiger partial charge in [0.15, 0.2) is 0 Å². The normalized spacial score (nSPS) is 14.8. The first-order valence-electron chi connectivity index (χ1n) is 13.0. The van der Waals surface area contributed by atoms with Crippen LogP contribution < -0.4 is 4.74 Å². The first kappa shape index (κ1) is 26.9. The summed E-state index contributed by atoms with van der Waals surface area (Å²) in [6.07, 6.45) is -0.190. The molecule has 0 spiro atoms. The van der Waals surface area contributed by atoms with Gasteiger partial charge in [-0.15, -0.1) is 11.3 Å². The van der Waals surface area contributed by atoms with Crippen LogP contribution in [0.25, 0.3) is 10.1 Å². The molecular weight excluding hydrogens is 512 g/mol. The van der Waals surface area contributed by atoms with Crippen molar-refractivity contribution in [3.63, 3.8) is 0 Å². The molecule has 7 nitrogen and oxygen atoms in total. The zero-order chi connectivity index (χ0) is 27.2. The van der Waals surface area contributed by atoms with E-state index in [-0.39, 0.29) is 18.0 Å². The van der Waals surface area contributed by atoms with Crippen molar-refractivity contribution in [2.45, 2.75) is 12.7 Å². The molecule has 1 fully saturated rings. The largest absolute Gasteiger partial charge is 0.497 e. The lowest BCUT2D eigenvalue weighted by atomic mass is 10.1. The Balaban J connectivity index is 1.23. The maximum Gasteiger partial charge on any atom is 0.337 e. The van der Waals surface area contributed by atoms with E-state index in [9.17, 15) is 9.59 Å². The number of carbonyl (C=O) groups excluding carboxylic acids is 2. The third-order valence-corrected chi connectivity index (χ3v) is 8.12. The number of carbonyl (C=O) groups is 2. The first-order valence-corrected chi connectivity index (χ1v) is 13.8. The Morgan fingerprint density at radius 1 is 0.897 bits per heavy atom. The molecule has 1 aliphatic rings. The van der Waals surface area contributed by atoms with Gasteiger partial charge in [0.1, 0.15) is 5.75 Å². The number of methoxy groups -OCH3 is 2. The molecule has 0 radical (unpaired) electrons. The molecule has 202 valence electrons. The highest BCUT2D eigenvalue weighted by molar-refractivity contribution is 7.20. The molecule has 1 amide bonds. The average Bonchev–Trinajstić information content (AvgIpc) is 3.43. The second-order valence-corrected chi connectivity index (χ2v) is 10.6. The van der Waals surface area contributed by atoms with Crippen LogP contribution in [0.15, 0.2) is 78.9 Å². The number of ether oxygens (including phenoxy) is 3. The van der Waals surface area contributed by atoms with Gasteiger partial charge in [0, 0.05) is 37.4 Å². The second-order valence-electron chi connectivity index (χ2n) is 9.51. The molecule has 2 heterocycles. The molecule has 39 heavy (non-hydrogen) atoms. The number of hydrogen-bond acceptors (Lipinski definition) is 7. The van der Waals surface area contributed by atoms with Gasteiger partial charge in [-0.05, 0) is 52.9 Å². The lowest BCUT2D eigenvalue weighted by molar-refractivity contribution is 0.00337. The van der Waals surface area contributed by atoms with E-state index in [1.54, 1.807) is 30.6 Å². The molecule has 0 bridgehead atoms. The summed E-state index contributed by atoms with van der Waals surface area (Å²) in [5.41, 5.74) is 2.51. The molecule has 0 N–H and O–H groups in total. The molecule has 3 aromatic carbocycles. The summed E-state index contributed by atoms with van der Waals surface area (Å²) in [5, 5.41) is 1.11. The molecule has 0 unspecified atom stereocenters. The van der Waals surface area contributed by atoms with Crippen molar-refractivity contribution in [3.05, 3.63) is 100 Å². The fraction of sp³-hybridized carbons (Fsp3) is 0.290. The van der Waals surface area contributed by atoms with E-state index in [1.807, 2.05) is 59.5 Å². The van der Waals surface area contributed by atoms with Crippen LogP contribution in [-0.2, 0) is 16.1 Å². The van der Waals surface area contributed by atoms with Crippen LogP contribution in [0.5, 0.6) is 5.75 Å². The maximum atomic E-state index is 13.2. The predicted octanol–water partition coefficient (Wildman–Crippen LogP) is 5.41. The van der Waals surface area contributed by atoms with Crippen LogP contribution in [-0.4, -0.2) is 68.6 Å². The van der Waals surface area contributed by atoms with Crippen molar-refractivity contribution < 1.29 is 23.8 Å². The highest BCUT2D eigenvalue weighted by atomic mass is 32.1. The van der Waals surface area contributed by atoms with E-state index in [4.69, 9.17) is 14.2 Å². The maximum absolute atomic E-state index is 13.2. The Morgan fingerprint density at radius 2 is 1.67 bits per heavy atom. The summed E-state index contributed by atoms with van der Waals surface area (Å²) in [6, 6.07) is 25.3. The molecule has 0 aliphatic carbocycles. The van der Waals surface area contributed by atoms with Crippen molar-refractivity contribution in [3.8, 4) is 5.75 Å². The summed E-state index contributed by atoms with van der Waals surface area (Å²) in [6.45, 7) is 3.98. The zero-order valence-corrected chi connectivity index (χ0v) is 23.0. The van der Waals surface area contributed by atoms with Crippen molar-refractivity contribution >= 4 is 33.3 Å². The van der Waals surface area contributed by atoms with E-state index >= 15 is 0 Å². The number of benzene rings is 3. The van der Waals surface area contributed by atoms with Gasteiger partial charge in [-0.2, -0.15) is 0 Å². The highest BCUT2D eigenvalue weighted by Gasteiger charge is 2.26. The standard InChI is InChI=1S/C31H32N2O5S/c1-36-26-8-5-7-24(18-26)27(38-21-22-10-12-23(13-11-22)31(35)37-2)20-32-14-16-33(17-15-32)30(34)29-19-25-6-3-4-9-28(25)39-29/h3-13,18-19,27H,14-17,20-21H2,1-2H3/t27-/m1/s1. The molecule has 4 aromatic rings. The van der Waals surface area contributed by atoms with Gasteiger partial charge in [-0.3, -0.25) is 9.69 Å². The third-order valence-electron chi connectivity index (χ3n) is 7.01. The molecular formula is C31H32N2O5S. The van der Waals surface area contributed by atoms with Crippen LogP contribution >= 0.6 is 11.3 Å². The number of thiophene rings is 1. The Bertz CT molecular complexity index is 1390. The van der Waals surface area contributed by atoms with Crippen LogP contribution in [0.4, 0.5) is 0 Å². The lowest BCUT2D eigenvalue weighted by Crippen LogP contribution is -2.49. The first-order chi connectivity index (χ1) is 19.0. The van der Waals surface area contributed by atoms with E-state index in [1.165, 1.54) is 7.11 Å². The SMILES string of the molecule is COC(=O)c1ccc(CO[C@H](CN2CCN(C(=O)c3cc4ccccc4s3)CC2)c2cccc(OC)c2)cc1. The molecule has 1 aliphatic heterocycles. The van der Waals surface area contributed by atoms with Crippen molar-refractivity contribution in [1.29, 1.82) is 0 Å². The minimum Gasteiger partial charge on any atom is -0.497 e. The molecule has 0 saturated carbocycles. The van der Waals surface area contributed by atoms with Gasteiger partial charge < -0.3 is 19.1 Å². The Labute approximate surface area is 232 Å². The number of hydrogen-bond donors (Lipinski definition) is 0. The van der Waals surface area contributed by atoms with Gasteiger partial charge >= 0.3 is 5.97 Å². The summed E-state index contributed by atoms with van der Waals surface area (Å²) < 4.78 is 17.8. The highest BCUT2D eigenvalue weighted by Crippen LogP contribution is 2.28. The molecule has 5 rings (SSSR count). The number of esters is 1. The number of piperazine rings is 1. The molecule has 8 heteroatoms. The summed E-state index contributed by atoms with van der Waals surface area (Å²) in [5.74, 6) is 0.524. The fourth-order valence-corrected chi connectivity index (χ4v) is 5.79. The van der Waals surface area contributed by atoms with Gasteiger partial charge in [-0.25, -0.2) is 4.79 Å². The van der Waals surface area contributed by atoms with Crippen molar-refractivity contribution in [1.82, 2.24) is 9.80 Å². The minimum absolute atomic E-state index is 0.104. The third kappa shape index (κ3) is 6.47. The monoisotopic (exact) mass is 544 g/mol. The lowest BCUT2D eigenvalue weighted by Gasteiger charge is -2.36. The Morgan fingerprint density at radius 3 is 2.38 bits per heavy atom. The molecule has 1 saturated heterocycles.